The molecule has 0 saturated heterocycles. The van der Waals surface area contributed by atoms with Crippen LogP contribution in [0.25, 0.3) is 0 Å². The summed E-state index contributed by atoms with van der Waals surface area (Å²) in [6, 6.07) is 9.62. The molecule has 2 atom stereocenters. The van der Waals surface area contributed by atoms with Gasteiger partial charge in [-0.05, 0) is 33.2 Å². The molecule has 4 heteroatoms. The molecule has 0 aliphatic rings. The highest BCUT2D eigenvalue weighted by molar-refractivity contribution is 5.95. The van der Waals surface area contributed by atoms with Crippen molar-refractivity contribution in [3.63, 3.8) is 0 Å². The van der Waals surface area contributed by atoms with Gasteiger partial charge in [0.15, 0.2) is 0 Å². The van der Waals surface area contributed by atoms with Crippen molar-refractivity contribution in [3.05, 3.63) is 30.3 Å². The molecule has 1 amide bonds. The first-order valence-electron chi connectivity index (χ1n) is 6.70. The maximum Gasteiger partial charge on any atom is 0.231 e. The molecule has 0 spiro atoms. The van der Waals surface area contributed by atoms with Crippen LogP contribution in [-0.2, 0) is 4.79 Å². The highest BCUT2D eigenvalue weighted by Gasteiger charge is 2.24. The predicted molar refractivity (Wildman–Crippen MR) is 80.2 cm³/mol. The number of rotatable bonds is 6. The number of carbonyl (C=O) groups excluding carboxylic acids is 1. The van der Waals surface area contributed by atoms with Crippen molar-refractivity contribution < 1.29 is 4.79 Å². The lowest BCUT2D eigenvalue weighted by atomic mass is 10.0. The van der Waals surface area contributed by atoms with E-state index in [9.17, 15) is 4.79 Å². The summed E-state index contributed by atoms with van der Waals surface area (Å²) in [5, 5.41) is 0. The Morgan fingerprint density at radius 1 is 1.16 bits per heavy atom. The Bertz CT molecular complexity index is 390. The summed E-state index contributed by atoms with van der Waals surface area (Å²) in [7, 11) is 4.01. The molecule has 1 rings (SSSR count). The molecule has 0 bridgehead atoms. The number of hydrogen-bond acceptors (Lipinski definition) is 3. The Morgan fingerprint density at radius 3 is 2.21 bits per heavy atom. The number of carbonyl (C=O) groups is 1. The third-order valence-electron chi connectivity index (χ3n) is 3.28. The number of anilines is 1. The molecule has 19 heavy (non-hydrogen) atoms. The Balaban J connectivity index is 2.89. The zero-order valence-corrected chi connectivity index (χ0v) is 12.3. The van der Waals surface area contributed by atoms with Crippen molar-refractivity contribution in [1.82, 2.24) is 4.90 Å². The monoisotopic (exact) mass is 263 g/mol. The van der Waals surface area contributed by atoms with Gasteiger partial charge < -0.3 is 15.5 Å². The first-order valence-corrected chi connectivity index (χ1v) is 6.70. The van der Waals surface area contributed by atoms with Gasteiger partial charge in [-0.15, -0.1) is 0 Å². The Kier molecular flexibility index (Phi) is 5.99. The molecule has 0 fully saturated rings. The molecule has 1 aromatic rings. The van der Waals surface area contributed by atoms with E-state index in [-0.39, 0.29) is 17.9 Å². The smallest absolute Gasteiger partial charge is 0.231 e. The molecular formula is C15H25N3O. The van der Waals surface area contributed by atoms with Gasteiger partial charge in [-0.25, -0.2) is 0 Å². The number of benzene rings is 1. The maximum absolute atomic E-state index is 12.5. The normalized spacial score (nSPS) is 14.2. The number of hydrogen-bond donors (Lipinski definition) is 1. The van der Waals surface area contributed by atoms with Crippen molar-refractivity contribution in [3.8, 4) is 0 Å². The van der Waals surface area contributed by atoms with Crippen LogP contribution in [0.2, 0.25) is 0 Å². The average Bonchev–Trinajstić information content (AvgIpc) is 2.38. The number of nitrogens with two attached hydrogens (primary N) is 1. The Labute approximate surface area is 116 Å². The molecule has 0 heterocycles. The van der Waals surface area contributed by atoms with Crippen molar-refractivity contribution in [1.29, 1.82) is 0 Å². The second-order valence-electron chi connectivity index (χ2n) is 5.28. The molecule has 1 aromatic carbocycles. The largest absolute Gasteiger partial charge is 0.327 e. The summed E-state index contributed by atoms with van der Waals surface area (Å²) in [6.45, 7) is 5.26. The SMILES string of the molecule is CC(N)C(C)C(=O)N(CCN(C)C)c1ccccc1. The van der Waals surface area contributed by atoms with E-state index in [4.69, 9.17) is 5.73 Å². The highest BCUT2D eigenvalue weighted by Crippen LogP contribution is 2.17. The van der Waals surface area contributed by atoms with E-state index in [1.165, 1.54) is 0 Å². The van der Waals surface area contributed by atoms with Crippen LogP contribution < -0.4 is 10.6 Å². The van der Waals surface area contributed by atoms with Crippen LogP contribution >= 0.6 is 0 Å². The van der Waals surface area contributed by atoms with Crippen LogP contribution in [0.4, 0.5) is 5.69 Å². The van der Waals surface area contributed by atoms with Crippen LogP contribution in [-0.4, -0.2) is 44.0 Å². The first-order chi connectivity index (χ1) is 8.93. The summed E-state index contributed by atoms with van der Waals surface area (Å²) in [5.74, 6) is -0.0922. The van der Waals surface area contributed by atoms with Gasteiger partial charge in [0.1, 0.15) is 0 Å². The molecule has 2 N–H and O–H groups in total. The third-order valence-corrected chi connectivity index (χ3v) is 3.28. The summed E-state index contributed by atoms with van der Waals surface area (Å²) in [4.78, 5) is 16.4. The van der Waals surface area contributed by atoms with Crippen LogP contribution in [0.5, 0.6) is 0 Å². The van der Waals surface area contributed by atoms with Crippen LogP contribution in [0.3, 0.4) is 0 Å². The zero-order valence-electron chi connectivity index (χ0n) is 12.3. The summed E-state index contributed by atoms with van der Waals surface area (Å²) in [5.41, 5.74) is 6.78. The van der Waals surface area contributed by atoms with E-state index in [0.717, 1.165) is 12.2 Å². The van der Waals surface area contributed by atoms with Crippen molar-refractivity contribution in [2.75, 3.05) is 32.1 Å². The van der Waals surface area contributed by atoms with Crippen molar-refractivity contribution in [2.24, 2.45) is 11.7 Å². The van der Waals surface area contributed by atoms with Crippen LogP contribution in [0.15, 0.2) is 30.3 Å². The van der Waals surface area contributed by atoms with Crippen LogP contribution in [0.1, 0.15) is 13.8 Å². The van der Waals surface area contributed by atoms with E-state index in [1.54, 1.807) is 0 Å². The average molecular weight is 263 g/mol. The molecule has 106 valence electrons. The van der Waals surface area contributed by atoms with E-state index in [2.05, 4.69) is 4.90 Å². The first kappa shape index (κ1) is 15.7. The molecule has 0 aliphatic carbocycles. The molecule has 0 saturated carbocycles. The lowest BCUT2D eigenvalue weighted by molar-refractivity contribution is -0.122. The standard InChI is InChI=1S/C15H25N3O/c1-12(13(2)16)15(19)18(11-10-17(3)4)14-8-6-5-7-9-14/h5-9,12-13H,10-11,16H2,1-4H3. The highest BCUT2D eigenvalue weighted by atomic mass is 16.2. The zero-order chi connectivity index (χ0) is 14.4. The predicted octanol–water partition coefficient (Wildman–Crippen LogP) is 1.56. The summed E-state index contributed by atoms with van der Waals surface area (Å²) in [6.07, 6.45) is 0. The lowest BCUT2D eigenvalue weighted by Gasteiger charge is -2.28. The lowest BCUT2D eigenvalue weighted by Crippen LogP contribution is -2.44. The third kappa shape index (κ3) is 4.65. The van der Waals surface area contributed by atoms with Crippen LogP contribution in [0, 0.1) is 5.92 Å². The van der Waals surface area contributed by atoms with Gasteiger partial charge in [-0.3, -0.25) is 4.79 Å². The number of nitrogens with zero attached hydrogens (tertiary/aromatic N) is 2. The van der Waals surface area contributed by atoms with Gasteiger partial charge in [-0.2, -0.15) is 0 Å². The van der Waals surface area contributed by atoms with Gasteiger partial charge in [-0.1, -0.05) is 25.1 Å². The molecular weight excluding hydrogens is 238 g/mol. The Hall–Kier alpha value is -1.39. The van der Waals surface area contributed by atoms with Gasteiger partial charge in [0.2, 0.25) is 5.91 Å². The fraction of sp³-hybridized carbons (Fsp3) is 0.533. The quantitative estimate of drug-likeness (QED) is 0.847. The second-order valence-corrected chi connectivity index (χ2v) is 5.28. The number of likely N-dealkylation sites (N-methyl/N-ethyl adjacent to an activating group) is 1. The van der Waals surface area contributed by atoms with E-state index < -0.39 is 0 Å². The van der Waals surface area contributed by atoms with Crippen molar-refractivity contribution in [2.45, 2.75) is 19.9 Å². The van der Waals surface area contributed by atoms with Gasteiger partial charge in [0.05, 0.1) is 5.92 Å². The number of para-hydroxylation sites is 1. The number of amides is 1. The summed E-state index contributed by atoms with van der Waals surface area (Å²) >= 11 is 0. The second kappa shape index (κ2) is 7.26. The Morgan fingerprint density at radius 2 is 1.74 bits per heavy atom. The van der Waals surface area contributed by atoms with E-state index in [0.29, 0.717) is 6.54 Å². The minimum Gasteiger partial charge on any atom is -0.327 e. The molecule has 0 aliphatic heterocycles. The summed E-state index contributed by atoms with van der Waals surface area (Å²) < 4.78 is 0. The maximum atomic E-state index is 12.5. The van der Waals surface area contributed by atoms with Gasteiger partial charge in [0.25, 0.3) is 0 Å². The van der Waals surface area contributed by atoms with Gasteiger partial charge in [0, 0.05) is 24.8 Å². The van der Waals surface area contributed by atoms with Gasteiger partial charge >= 0.3 is 0 Å². The minimum absolute atomic E-state index is 0.0862. The fourth-order valence-electron chi connectivity index (χ4n) is 1.75. The molecule has 2 unspecified atom stereocenters. The van der Waals surface area contributed by atoms with E-state index in [1.807, 2.05) is 63.2 Å². The minimum atomic E-state index is -0.178. The van der Waals surface area contributed by atoms with E-state index >= 15 is 0 Å². The molecule has 4 nitrogen and oxygen atoms in total. The van der Waals surface area contributed by atoms with Crippen molar-refractivity contribution >= 4 is 11.6 Å². The molecule has 0 radical (unpaired) electrons. The fourth-order valence-corrected chi connectivity index (χ4v) is 1.75. The molecule has 0 aromatic heterocycles. The topological polar surface area (TPSA) is 49.6 Å².